The van der Waals surface area contributed by atoms with Crippen molar-refractivity contribution in [2.75, 3.05) is 11.4 Å². The van der Waals surface area contributed by atoms with Gasteiger partial charge in [0.05, 0.1) is 11.3 Å². The fourth-order valence-electron chi connectivity index (χ4n) is 3.17. The van der Waals surface area contributed by atoms with Crippen molar-refractivity contribution >= 4 is 29.3 Å². The Kier molecular flexibility index (Phi) is 5.86. The zero-order valence-corrected chi connectivity index (χ0v) is 16.6. The van der Waals surface area contributed by atoms with Gasteiger partial charge in [0, 0.05) is 43.0 Å². The van der Waals surface area contributed by atoms with E-state index in [9.17, 15) is 9.59 Å². The Morgan fingerprint density at radius 3 is 2.79 bits per heavy atom. The van der Waals surface area contributed by atoms with Gasteiger partial charge in [-0.2, -0.15) is 0 Å². The second kappa shape index (κ2) is 8.87. The van der Waals surface area contributed by atoms with Gasteiger partial charge in [0.15, 0.2) is 0 Å². The Hall–Kier alpha value is -3.19. The molecule has 0 radical (unpaired) electrons. The van der Waals surface area contributed by atoms with Gasteiger partial charge in [-0.3, -0.25) is 14.6 Å². The summed E-state index contributed by atoms with van der Waals surface area (Å²) in [7, 11) is 0. The third-order valence-corrected chi connectivity index (χ3v) is 5.69. The van der Waals surface area contributed by atoms with E-state index in [-0.39, 0.29) is 11.8 Å². The molecule has 4 rings (SSSR count). The standard InChI is InChI=1S/C22H20N4O2S/c27-20(25-15-16-6-3-11-23-14-16)10-5-13-26-18-8-1-2-9-19(18)29-21-17(22(26)28)7-4-12-24-21/h1-4,6-9,11-12,14H,5,10,13,15H2,(H,25,27). The Bertz CT molecular complexity index is 1030. The Balaban J connectivity index is 1.42. The number of rotatable bonds is 6. The average Bonchev–Trinajstić information content (AvgIpc) is 2.88. The minimum absolute atomic E-state index is 0.0409. The van der Waals surface area contributed by atoms with Crippen LogP contribution in [-0.2, 0) is 11.3 Å². The maximum atomic E-state index is 13.2. The van der Waals surface area contributed by atoms with Crippen LogP contribution in [0.1, 0.15) is 28.8 Å². The fourth-order valence-corrected chi connectivity index (χ4v) is 4.19. The number of fused-ring (bicyclic) bond motifs is 2. The number of hydrogen-bond donors (Lipinski definition) is 1. The van der Waals surface area contributed by atoms with Crippen LogP contribution in [0.15, 0.2) is 77.0 Å². The molecule has 1 aliphatic rings. The molecule has 0 bridgehead atoms. The first-order chi connectivity index (χ1) is 14.2. The number of nitrogens with zero attached hydrogens (tertiary/aromatic N) is 3. The molecule has 1 aromatic carbocycles. The highest BCUT2D eigenvalue weighted by atomic mass is 32.2. The molecular weight excluding hydrogens is 384 g/mol. The molecule has 29 heavy (non-hydrogen) atoms. The van der Waals surface area contributed by atoms with Crippen molar-refractivity contribution in [2.45, 2.75) is 29.3 Å². The van der Waals surface area contributed by atoms with Gasteiger partial charge in [0.25, 0.3) is 5.91 Å². The van der Waals surface area contributed by atoms with Gasteiger partial charge in [-0.1, -0.05) is 30.0 Å². The summed E-state index contributed by atoms with van der Waals surface area (Å²) >= 11 is 1.50. The van der Waals surface area contributed by atoms with Gasteiger partial charge in [-0.25, -0.2) is 4.98 Å². The molecule has 1 aliphatic heterocycles. The van der Waals surface area contributed by atoms with Gasteiger partial charge in [0.1, 0.15) is 5.03 Å². The van der Waals surface area contributed by atoms with Crippen molar-refractivity contribution in [3.8, 4) is 0 Å². The number of benzene rings is 1. The first kappa shape index (κ1) is 19.1. The number of pyridine rings is 2. The number of anilines is 1. The topological polar surface area (TPSA) is 75.2 Å². The molecule has 0 fully saturated rings. The molecular formula is C22H20N4O2S. The largest absolute Gasteiger partial charge is 0.352 e. The van der Waals surface area contributed by atoms with Gasteiger partial charge in [0.2, 0.25) is 5.91 Å². The lowest BCUT2D eigenvalue weighted by Gasteiger charge is -2.22. The van der Waals surface area contributed by atoms with Crippen molar-refractivity contribution in [1.82, 2.24) is 15.3 Å². The summed E-state index contributed by atoms with van der Waals surface area (Å²) in [5, 5.41) is 3.61. The monoisotopic (exact) mass is 404 g/mol. The van der Waals surface area contributed by atoms with Crippen molar-refractivity contribution < 1.29 is 9.59 Å². The zero-order valence-electron chi connectivity index (χ0n) is 15.7. The number of aromatic nitrogens is 2. The van der Waals surface area contributed by atoms with E-state index in [1.807, 2.05) is 36.4 Å². The highest BCUT2D eigenvalue weighted by Gasteiger charge is 2.27. The zero-order chi connectivity index (χ0) is 20.1. The van der Waals surface area contributed by atoms with Crippen LogP contribution in [0, 0.1) is 0 Å². The number of amides is 2. The van der Waals surface area contributed by atoms with Crippen LogP contribution < -0.4 is 10.2 Å². The first-order valence-electron chi connectivity index (χ1n) is 9.42. The van der Waals surface area contributed by atoms with Gasteiger partial charge >= 0.3 is 0 Å². The Morgan fingerprint density at radius 2 is 1.93 bits per heavy atom. The molecule has 0 spiro atoms. The van der Waals surface area contributed by atoms with Crippen molar-refractivity contribution in [1.29, 1.82) is 0 Å². The van der Waals surface area contributed by atoms with Crippen LogP contribution in [0.3, 0.4) is 0 Å². The summed E-state index contributed by atoms with van der Waals surface area (Å²) in [6.07, 6.45) is 6.05. The maximum Gasteiger partial charge on any atom is 0.261 e. The third kappa shape index (κ3) is 4.46. The van der Waals surface area contributed by atoms with E-state index >= 15 is 0 Å². The van der Waals surface area contributed by atoms with E-state index < -0.39 is 0 Å². The predicted octanol–water partition coefficient (Wildman–Crippen LogP) is 3.68. The summed E-state index contributed by atoms with van der Waals surface area (Å²) in [6, 6.07) is 15.1. The molecule has 1 N–H and O–H groups in total. The third-order valence-electron chi connectivity index (χ3n) is 4.61. The van der Waals surface area contributed by atoms with Gasteiger partial charge in [-0.05, 0) is 42.3 Å². The lowest BCUT2D eigenvalue weighted by Crippen LogP contribution is -2.33. The van der Waals surface area contributed by atoms with Crippen LogP contribution in [0.5, 0.6) is 0 Å². The van der Waals surface area contributed by atoms with Crippen molar-refractivity contribution in [2.24, 2.45) is 0 Å². The minimum atomic E-state index is -0.0821. The second-order valence-corrected chi connectivity index (χ2v) is 7.65. The molecule has 3 aromatic rings. The van der Waals surface area contributed by atoms with Crippen LogP contribution in [0.25, 0.3) is 0 Å². The number of para-hydroxylation sites is 1. The summed E-state index contributed by atoms with van der Waals surface area (Å²) in [6.45, 7) is 0.916. The summed E-state index contributed by atoms with van der Waals surface area (Å²) < 4.78 is 0. The average molecular weight is 404 g/mol. The summed E-state index contributed by atoms with van der Waals surface area (Å²) in [5.41, 5.74) is 2.41. The van der Waals surface area contributed by atoms with Crippen LogP contribution in [0.2, 0.25) is 0 Å². The normalized spacial score (nSPS) is 12.7. The highest BCUT2D eigenvalue weighted by Crippen LogP contribution is 2.40. The molecule has 3 heterocycles. The smallest absolute Gasteiger partial charge is 0.261 e. The maximum absolute atomic E-state index is 13.2. The molecule has 0 atom stereocenters. The lowest BCUT2D eigenvalue weighted by atomic mass is 10.2. The quantitative estimate of drug-likeness (QED) is 0.678. The van der Waals surface area contributed by atoms with Crippen molar-refractivity contribution in [3.05, 3.63) is 78.2 Å². The fraction of sp³-hybridized carbons (Fsp3) is 0.182. The molecule has 0 unspecified atom stereocenters. The number of nitrogens with one attached hydrogen (secondary N) is 1. The van der Waals surface area contributed by atoms with E-state index in [0.717, 1.165) is 16.1 Å². The lowest BCUT2D eigenvalue weighted by molar-refractivity contribution is -0.121. The van der Waals surface area contributed by atoms with Gasteiger partial charge < -0.3 is 10.2 Å². The SMILES string of the molecule is O=C(CCCN1C(=O)c2cccnc2Sc2ccccc21)NCc1cccnc1. The Morgan fingerprint density at radius 1 is 1.07 bits per heavy atom. The number of carbonyl (C=O) groups excluding carboxylic acids is 2. The van der Waals surface area contributed by atoms with Crippen molar-refractivity contribution in [3.63, 3.8) is 0 Å². The van der Waals surface area contributed by atoms with Crippen LogP contribution >= 0.6 is 11.8 Å². The van der Waals surface area contributed by atoms with E-state index in [4.69, 9.17) is 0 Å². The highest BCUT2D eigenvalue weighted by molar-refractivity contribution is 7.99. The van der Waals surface area contributed by atoms with Gasteiger partial charge in [-0.15, -0.1) is 0 Å². The summed E-state index contributed by atoms with van der Waals surface area (Å²) in [4.78, 5) is 36.5. The molecule has 6 nitrogen and oxygen atoms in total. The van der Waals surface area contributed by atoms with E-state index in [0.29, 0.717) is 36.5 Å². The molecule has 2 amide bonds. The van der Waals surface area contributed by atoms with E-state index in [1.54, 1.807) is 35.6 Å². The number of hydrogen-bond acceptors (Lipinski definition) is 5. The minimum Gasteiger partial charge on any atom is -0.352 e. The molecule has 146 valence electrons. The molecule has 2 aromatic heterocycles. The Labute approximate surface area is 173 Å². The first-order valence-corrected chi connectivity index (χ1v) is 10.2. The van der Waals surface area contributed by atoms with E-state index in [1.165, 1.54) is 11.8 Å². The van der Waals surface area contributed by atoms with Crippen LogP contribution in [-0.4, -0.2) is 28.3 Å². The van der Waals surface area contributed by atoms with Crippen LogP contribution in [0.4, 0.5) is 5.69 Å². The molecule has 0 saturated heterocycles. The van der Waals surface area contributed by atoms with E-state index in [2.05, 4.69) is 15.3 Å². The molecule has 7 heteroatoms. The predicted molar refractivity (Wildman–Crippen MR) is 112 cm³/mol. The summed E-state index contributed by atoms with van der Waals surface area (Å²) in [5.74, 6) is -0.123. The second-order valence-electron chi connectivity index (χ2n) is 6.62. The number of carbonyl (C=O) groups is 2. The molecule has 0 aliphatic carbocycles. The molecule has 0 saturated carbocycles.